The maximum atomic E-state index is 14.8. The summed E-state index contributed by atoms with van der Waals surface area (Å²) >= 11 is 0. The highest BCUT2D eigenvalue weighted by Crippen LogP contribution is 2.41. The zero-order chi connectivity index (χ0) is 21.7. The molecule has 0 fully saturated rings. The molecule has 0 saturated carbocycles. The fourth-order valence-electron chi connectivity index (χ4n) is 4.49. The Balaban J connectivity index is 1.56. The second kappa shape index (κ2) is 7.60. The van der Waals surface area contributed by atoms with E-state index in [1.807, 2.05) is 0 Å². The normalized spacial score (nSPS) is 17.0. The van der Waals surface area contributed by atoms with Gasteiger partial charge in [-0.25, -0.2) is 12.8 Å². The van der Waals surface area contributed by atoms with Gasteiger partial charge in [-0.1, -0.05) is 12.1 Å². The molecule has 0 saturated heterocycles. The summed E-state index contributed by atoms with van der Waals surface area (Å²) in [7, 11) is -4.00. The third-order valence-electron chi connectivity index (χ3n) is 5.99. The van der Waals surface area contributed by atoms with Crippen LogP contribution in [0.15, 0.2) is 29.2 Å². The van der Waals surface area contributed by atoms with Gasteiger partial charge in [0.05, 0.1) is 10.5 Å². The Hall–Kier alpha value is -2.00. The van der Waals surface area contributed by atoms with E-state index in [9.17, 15) is 23.0 Å². The van der Waals surface area contributed by atoms with E-state index in [1.54, 1.807) is 13.8 Å². The topological polar surface area (TPSA) is 98.7 Å². The van der Waals surface area contributed by atoms with E-state index < -0.39 is 22.0 Å². The van der Waals surface area contributed by atoms with Crippen molar-refractivity contribution in [3.05, 3.63) is 57.9 Å². The molecule has 1 atom stereocenters. The molecule has 6 nitrogen and oxygen atoms in total. The van der Waals surface area contributed by atoms with Gasteiger partial charge in [-0.3, -0.25) is 0 Å². The number of nitrogens with one attached hydrogen (secondary N) is 2. The first-order chi connectivity index (χ1) is 14.1. The van der Waals surface area contributed by atoms with Gasteiger partial charge in [0, 0.05) is 5.69 Å². The Bertz CT molecular complexity index is 1040. The molecule has 0 heterocycles. The summed E-state index contributed by atoms with van der Waals surface area (Å²) in [5.41, 5.74) is 3.24. The SMILES string of the molecule is CC(C)(O)c1ccc(S(=O)(=O)NC(O)Nc2c3c(c(F)c4c2CCC4)CCC3)cc1. The minimum absolute atomic E-state index is 0.0223. The summed E-state index contributed by atoms with van der Waals surface area (Å²) in [5.74, 6) is -0.123. The summed E-state index contributed by atoms with van der Waals surface area (Å²) < 4.78 is 42.4. The highest BCUT2D eigenvalue weighted by atomic mass is 32.2. The minimum atomic E-state index is -4.00. The summed E-state index contributed by atoms with van der Waals surface area (Å²) in [6.45, 7) is 3.23. The molecule has 30 heavy (non-hydrogen) atoms. The highest BCUT2D eigenvalue weighted by Gasteiger charge is 2.30. The van der Waals surface area contributed by atoms with Gasteiger partial charge in [0.1, 0.15) is 5.82 Å². The van der Waals surface area contributed by atoms with E-state index in [-0.39, 0.29) is 10.7 Å². The lowest BCUT2D eigenvalue weighted by molar-refractivity contribution is 0.0785. The highest BCUT2D eigenvalue weighted by molar-refractivity contribution is 7.89. The number of aliphatic hydroxyl groups excluding tert-OH is 1. The zero-order valence-corrected chi connectivity index (χ0v) is 17.9. The van der Waals surface area contributed by atoms with E-state index in [2.05, 4.69) is 10.0 Å². The number of halogens is 1. The largest absolute Gasteiger partial charge is 0.386 e. The van der Waals surface area contributed by atoms with Crippen molar-refractivity contribution in [1.29, 1.82) is 0 Å². The van der Waals surface area contributed by atoms with E-state index in [4.69, 9.17) is 0 Å². The van der Waals surface area contributed by atoms with Gasteiger partial charge >= 0.3 is 0 Å². The van der Waals surface area contributed by atoms with Gasteiger partial charge in [-0.15, -0.1) is 0 Å². The van der Waals surface area contributed by atoms with Crippen molar-refractivity contribution >= 4 is 15.7 Å². The van der Waals surface area contributed by atoms with Crippen LogP contribution in [0.3, 0.4) is 0 Å². The second-order valence-corrected chi connectivity index (χ2v) is 10.3. The van der Waals surface area contributed by atoms with Crippen LogP contribution in [0.5, 0.6) is 0 Å². The summed E-state index contributed by atoms with van der Waals surface area (Å²) in [5, 5.41) is 23.4. The van der Waals surface area contributed by atoms with E-state index in [1.165, 1.54) is 24.3 Å². The Labute approximate surface area is 176 Å². The van der Waals surface area contributed by atoms with Crippen molar-refractivity contribution in [1.82, 2.24) is 4.72 Å². The van der Waals surface area contributed by atoms with Crippen molar-refractivity contribution in [2.24, 2.45) is 0 Å². The first-order valence-electron chi connectivity index (χ1n) is 10.2. The predicted molar refractivity (Wildman–Crippen MR) is 112 cm³/mol. The van der Waals surface area contributed by atoms with Gasteiger partial charge < -0.3 is 15.5 Å². The lowest BCUT2D eigenvalue weighted by Gasteiger charge is -2.22. The van der Waals surface area contributed by atoms with Gasteiger partial charge in [0.15, 0.2) is 6.35 Å². The van der Waals surface area contributed by atoms with Gasteiger partial charge in [-0.2, -0.15) is 4.72 Å². The molecule has 0 radical (unpaired) electrons. The Morgan fingerprint density at radius 2 is 1.47 bits per heavy atom. The first kappa shape index (κ1) is 21.2. The Kier molecular flexibility index (Phi) is 5.38. The van der Waals surface area contributed by atoms with Crippen molar-refractivity contribution in [3.63, 3.8) is 0 Å². The number of benzene rings is 2. The number of fused-ring (bicyclic) bond motifs is 2. The minimum Gasteiger partial charge on any atom is -0.386 e. The third-order valence-corrected chi connectivity index (χ3v) is 7.41. The lowest BCUT2D eigenvalue weighted by atomic mass is 9.98. The smallest absolute Gasteiger partial charge is 0.244 e. The molecule has 2 aliphatic carbocycles. The number of hydrogen-bond acceptors (Lipinski definition) is 5. The van der Waals surface area contributed by atoms with Crippen LogP contribution in [0.1, 0.15) is 54.5 Å². The molecule has 8 heteroatoms. The van der Waals surface area contributed by atoms with Crippen LogP contribution < -0.4 is 10.0 Å². The van der Waals surface area contributed by atoms with E-state index in [0.29, 0.717) is 48.1 Å². The maximum Gasteiger partial charge on any atom is 0.244 e. The molecular formula is C22H27FN2O4S. The summed E-state index contributed by atoms with van der Waals surface area (Å²) in [6, 6.07) is 5.84. The van der Waals surface area contributed by atoms with Crippen molar-refractivity contribution in [3.8, 4) is 0 Å². The number of sulfonamides is 1. The molecule has 0 aliphatic heterocycles. The Morgan fingerprint density at radius 1 is 0.967 bits per heavy atom. The molecule has 4 rings (SSSR count). The average molecular weight is 435 g/mol. The standard InChI is InChI=1S/C22H27FN2O4S/c1-22(2,27)13-9-11-14(12-10-13)30(28,29)25-21(26)24-20-17-7-3-5-15(17)19(23)16-6-4-8-18(16)20/h9-12,21,24-27H,3-8H2,1-2H3. The quantitative estimate of drug-likeness (QED) is 0.524. The number of hydrogen-bond donors (Lipinski definition) is 4. The van der Waals surface area contributed by atoms with Gasteiger partial charge in [0.2, 0.25) is 10.0 Å². The van der Waals surface area contributed by atoms with Crippen molar-refractivity contribution < 1.29 is 23.0 Å². The number of aliphatic hydroxyl groups is 2. The van der Waals surface area contributed by atoms with E-state index >= 15 is 0 Å². The zero-order valence-electron chi connectivity index (χ0n) is 17.1. The lowest BCUT2D eigenvalue weighted by Crippen LogP contribution is -2.40. The van der Waals surface area contributed by atoms with Crippen LogP contribution in [-0.2, 0) is 41.3 Å². The fourth-order valence-corrected chi connectivity index (χ4v) is 5.47. The number of rotatable bonds is 6. The van der Waals surface area contributed by atoms with E-state index in [0.717, 1.165) is 24.0 Å². The van der Waals surface area contributed by atoms with Crippen LogP contribution >= 0.6 is 0 Å². The van der Waals surface area contributed by atoms with Crippen molar-refractivity contribution in [2.45, 2.75) is 69.2 Å². The summed E-state index contributed by atoms with van der Waals surface area (Å²) in [4.78, 5) is -0.0223. The van der Waals surface area contributed by atoms with Crippen molar-refractivity contribution in [2.75, 3.05) is 5.32 Å². The Morgan fingerprint density at radius 3 is 1.97 bits per heavy atom. The number of anilines is 1. The third kappa shape index (κ3) is 3.85. The maximum absolute atomic E-state index is 14.8. The molecule has 2 aliphatic rings. The van der Waals surface area contributed by atoms with Gasteiger partial charge in [0.25, 0.3) is 0 Å². The average Bonchev–Trinajstić information content (AvgIpc) is 3.34. The molecule has 2 aromatic carbocycles. The fraction of sp³-hybridized carbons (Fsp3) is 0.455. The second-order valence-electron chi connectivity index (χ2n) is 8.56. The molecule has 2 aromatic rings. The molecule has 1 unspecified atom stereocenters. The molecule has 0 bridgehead atoms. The van der Waals surface area contributed by atoms with Crippen LogP contribution in [0.25, 0.3) is 0 Å². The van der Waals surface area contributed by atoms with Crippen LogP contribution in [0.4, 0.5) is 10.1 Å². The monoisotopic (exact) mass is 434 g/mol. The van der Waals surface area contributed by atoms with Gasteiger partial charge in [-0.05, 0) is 92.3 Å². The van der Waals surface area contributed by atoms with Crippen LogP contribution in [0.2, 0.25) is 0 Å². The first-order valence-corrected chi connectivity index (χ1v) is 11.7. The molecule has 0 spiro atoms. The molecule has 0 aromatic heterocycles. The van der Waals surface area contributed by atoms with Crippen LogP contribution in [-0.4, -0.2) is 25.0 Å². The summed E-state index contributed by atoms with van der Waals surface area (Å²) in [6.07, 6.45) is 2.89. The van der Waals surface area contributed by atoms with Crippen LogP contribution in [0, 0.1) is 5.82 Å². The predicted octanol–water partition coefficient (Wildman–Crippen LogP) is 2.70. The molecule has 0 amide bonds. The molecule has 162 valence electrons. The molecular weight excluding hydrogens is 407 g/mol. The molecule has 4 N–H and O–H groups in total.